The molecule has 0 atom stereocenters. The number of fused-ring (bicyclic) bond motifs is 18. The summed E-state index contributed by atoms with van der Waals surface area (Å²) < 4.78 is 0. The molecule has 0 radical (unpaired) electrons. The van der Waals surface area contributed by atoms with Crippen molar-refractivity contribution in [2.45, 2.75) is 116 Å². The van der Waals surface area contributed by atoms with Crippen LogP contribution in [0.2, 0.25) is 0 Å². The van der Waals surface area contributed by atoms with E-state index in [4.69, 9.17) is 0 Å². The van der Waals surface area contributed by atoms with E-state index >= 15 is 0 Å². The largest absolute Gasteiger partial charge is 0.310 e. The number of anilines is 3. The third-order valence-electron chi connectivity index (χ3n) is 19.8. The van der Waals surface area contributed by atoms with Crippen LogP contribution in [0.4, 0.5) is 17.1 Å². The second-order valence-electron chi connectivity index (χ2n) is 25.7. The fourth-order valence-corrected chi connectivity index (χ4v) is 15.6. The van der Waals surface area contributed by atoms with Gasteiger partial charge < -0.3 is 4.90 Å². The first kappa shape index (κ1) is 43.4. The van der Waals surface area contributed by atoms with Gasteiger partial charge in [0.1, 0.15) is 0 Å². The summed E-state index contributed by atoms with van der Waals surface area (Å²) in [6.45, 7) is 29.2. The van der Waals surface area contributed by atoms with Gasteiger partial charge in [-0.05, 0) is 218 Å². The molecule has 15 rings (SSSR count). The quantitative estimate of drug-likeness (QED) is 0.171. The van der Waals surface area contributed by atoms with Crippen LogP contribution in [-0.4, -0.2) is 0 Å². The van der Waals surface area contributed by atoms with E-state index in [1.165, 1.54) is 145 Å². The van der Waals surface area contributed by atoms with Crippen molar-refractivity contribution in [2.75, 3.05) is 4.90 Å². The SMILES string of the molecule is CC1(C)c2ccccc2-c2cc3c(cc21)-c1ccc(N(c2ccccc2)c2ccc4c(c2)C(C)(C)c2cc5c(cc2-4)C(C)(C)c2cc4c(cc2-5)C(C)(C)c2cc5c(cc2-4)C(C)(C)c2ccccc2-5)cc1C3(C)C. The minimum absolute atomic E-state index is 0.0384. The first-order chi connectivity index (χ1) is 34.7. The van der Waals surface area contributed by atoms with Crippen molar-refractivity contribution in [2.24, 2.45) is 0 Å². The molecule has 1 heteroatoms. The molecule has 356 valence electrons. The third kappa shape index (κ3) is 5.24. The van der Waals surface area contributed by atoms with Crippen LogP contribution in [0.5, 0.6) is 0 Å². The Morgan fingerprint density at radius 2 is 0.425 bits per heavy atom. The molecule has 0 amide bonds. The summed E-state index contributed by atoms with van der Waals surface area (Å²) in [6, 6.07) is 64.2. The van der Waals surface area contributed by atoms with Crippen LogP contribution in [-0.2, 0) is 32.5 Å². The maximum Gasteiger partial charge on any atom is 0.0465 e. The van der Waals surface area contributed by atoms with Gasteiger partial charge in [0.2, 0.25) is 0 Å². The second-order valence-corrected chi connectivity index (χ2v) is 25.7. The van der Waals surface area contributed by atoms with Crippen molar-refractivity contribution in [3.63, 3.8) is 0 Å². The molecular weight excluding hydrogens is 879 g/mol. The van der Waals surface area contributed by atoms with Crippen LogP contribution < -0.4 is 4.90 Å². The molecule has 0 aliphatic heterocycles. The maximum absolute atomic E-state index is 2.60. The topological polar surface area (TPSA) is 3.24 Å². The molecule has 9 aromatic rings. The normalized spacial score (nSPS) is 18.2. The standard InChI is InChI=1S/C72H63N/c1-67(2)55-24-18-16-22-43(55)47-32-61-49(34-59(47)67)45-28-26-41(30-57(45)69(61,5)6)73(40-20-14-13-15-21-40)42-27-29-46-50-35-64-52(37-62(50)70(7,8)58(46)31-42)54-39-65-53(38-66(54)72(64,11)12)51-36-60-48(33-63(51)71(65,9)10)44-23-17-19-25-56(44)68(60,3)4/h13-39H,1-12H3. The molecule has 0 saturated heterocycles. The molecule has 6 aliphatic rings. The average molecular weight is 942 g/mol. The van der Waals surface area contributed by atoms with Crippen molar-refractivity contribution < 1.29 is 0 Å². The highest BCUT2D eigenvalue weighted by atomic mass is 15.1. The van der Waals surface area contributed by atoms with Gasteiger partial charge in [0.15, 0.2) is 0 Å². The van der Waals surface area contributed by atoms with E-state index in [9.17, 15) is 0 Å². The van der Waals surface area contributed by atoms with Crippen LogP contribution in [0.25, 0.3) is 66.8 Å². The van der Waals surface area contributed by atoms with Crippen LogP contribution in [0.3, 0.4) is 0 Å². The molecule has 6 aliphatic carbocycles. The molecule has 0 bridgehead atoms. The van der Waals surface area contributed by atoms with E-state index in [0.29, 0.717) is 0 Å². The minimum Gasteiger partial charge on any atom is -0.310 e. The molecule has 9 aromatic carbocycles. The summed E-state index contributed by atoms with van der Waals surface area (Å²) in [5, 5.41) is 0. The fourth-order valence-electron chi connectivity index (χ4n) is 15.6. The van der Waals surface area contributed by atoms with Gasteiger partial charge in [-0.1, -0.05) is 162 Å². The molecule has 0 aromatic heterocycles. The number of para-hydroxylation sites is 1. The van der Waals surface area contributed by atoms with Gasteiger partial charge in [0.05, 0.1) is 0 Å². The molecule has 0 fully saturated rings. The summed E-state index contributed by atoms with van der Waals surface area (Å²) in [4.78, 5) is 2.49. The lowest BCUT2D eigenvalue weighted by atomic mass is 9.78. The maximum atomic E-state index is 2.60. The second kappa shape index (κ2) is 13.5. The van der Waals surface area contributed by atoms with Gasteiger partial charge in [0.25, 0.3) is 0 Å². The number of rotatable bonds is 3. The minimum atomic E-state index is -0.213. The summed E-state index contributed by atoms with van der Waals surface area (Å²) in [5.41, 5.74) is 36.6. The molecule has 0 saturated carbocycles. The van der Waals surface area contributed by atoms with Crippen LogP contribution in [0, 0.1) is 0 Å². The zero-order valence-electron chi connectivity index (χ0n) is 44.5. The lowest BCUT2D eigenvalue weighted by molar-refractivity contribution is 0.648. The van der Waals surface area contributed by atoms with Crippen LogP contribution in [0.15, 0.2) is 164 Å². The van der Waals surface area contributed by atoms with Gasteiger partial charge in [-0.15, -0.1) is 0 Å². The van der Waals surface area contributed by atoms with Gasteiger partial charge in [-0.25, -0.2) is 0 Å². The number of hydrogen-bond acceptors (Lipinski definition) is 1. The summed E-state index contributed by atoms with van der Waals surface area (Å²) >= 11 is 0. The zero-order chi connectivity index (χ0) is 50.3. The van der Waals surface area contributed by atoms with Crippen molar-refractivity contribution in [1.82, 2.24) is 0 Å². The molecule has 0 spiro atoms. The van der Waals surface area contributed by atoms with E-state index in [1.54, 1.807) is 0 Å². The number of hydrogen-bond donors (Lipinski definition) is 0. The molecule has 0 N–H and O–H groups in total. The van der Waals surface area contributed by atoms with Crippen molar-refractivity contribution in [3.8, 4) is 66.8 Å². The van der Waals surface area contributed by atoms with E-state index < -0.39 is 0 Å². The molecule has 1 nitrogen and oxygen atoms in total. The first-order valence-corrected chi connectivity index (χ1v) is 26.8. The Hall–Kier alpha value is -7.22. The Morgan fingerprint density at radius 3 is 0.740 bits per heavy atom. The Labute approximate surface area is 432 Å². The highest BCUT2D eigenvalue weighted by Crippen LogP contribution is 2.62. The lowest BCUT2D eigenvalue weighted by Gasteiger charge is -2.29. The average Bonchev–Trinajstić information content (AvgIpc) is 4.08. The zero-order valence-corrected chi connectivity index (χ0v) is 44.5. The predicted molar refractivity (Wildman–Crippen MR) is 307 cm³/mol. The predicted octanol–water partition coefficient (Wildman–Crippen LogP) is 19.0. The molecule has 0 unspecified atom stereocenters. The van der Waals surface area contributed by atoms with E-state index in [-0.39, 0.29) is 32.5 Å². The van der Waals surface area contributed by atoms with Crippen molar-refractivity contribution >= 4 is 17.1 Å². The van der Waals surface area contributed by atoms with E-state index in [0.717, 1.165) is 5.69 Å². The van der Waals surface area contributed by atoms with Gasteiger partial charge in [0, 0.05) is 49.6 Å². The van der Waals surface area contributed by atoms with Gasteiger partial charge in [-0.2, -0.15) is 0 Å². The Balaban J connectivity index is 0.821. The summed E-state index contributed by atoms with van der Waals surface area (Å²) in [7, 11) is 0. The van der Waals surface area contributed by atoms with Crippen molar-refractivity contribution in [1.29, 1.82) is 0 Å². The van der Waals surface area contributed by atoms with Crippen LogP contribution >= 0.6 is 0 Å². The highest BCUT2D eigenvalue weighted by molar-refractivity contribution is 5.97. The monoisotopic (exact) mass is 941 g/mol. The fraction of sp³-hybridized carbons (Fsp3) is 0.250. The van der Waals surface area contributed by atoms with Gasteiger partial charge in [-0.3, -0.25) is 0 Å². The number of nitrogens with zero attached hydrogens (tertiary/aromatic N) is 1. The lowest BCUT2D eigenvalue weighted by Crippen LogP contribution is -2.18. The highest BCUT2D eigenvalue weighted by Gasteiger charge is 2.47. The first-order valence-electron chi connectivity index (χ1n) is 26.8. The Morgan fingerprint density at radius 1 is 0.192 bits per heavy atom. The van der Waals surface area contributed by atoms with Crippen molar-refractivity contribution in [3.05, 3.63) is 231 Å². The van der Waals surface area contributed by atoms with E-state index in [1.807, 2.05) is 0 Å². The molecule has 0 heterocycles. The summed E-state index contributed by atoms with van der Waals surface area (Å²) in [6.07, 6.45) is 0. The van der Waals surface area contributed by atoms with E-state index in [2.05, 4.69) is 252 Å². The van der Waals surface area contributed by atoms with Crippen LogP contribution in [0.1, 0.15) is 150 Å². The molecule has 73 heavy (non-hydrogen) atoms. The van der Waals surface area contributed by atoms with Gasteiger partial charge >= 0.3 is 0 Å². The third-order valence-corrected chi connectivity index (χ3v) is 19.8. The Kier molecular flexibility index (Phi) is 8.01. The smallest absolute Gasteiger partial charge is 0.0465 e. The Bertz CT molecular complexity index is 4010. The summed E-state index contributed by atoms with van der Waals surface area (Å²) in [5.74, 6) is 0. The number of benzene rings is 9. The molecular formula is C72H63N.